The van der Waals surface area contributed by atoms with E-state index in [0.717, 1.165) is 23.5 Å². The summed E-state index contributed by atoms with van der Waals surface area (Å²) >= 11 is 1.86. The summed E-state index contributed by atoms with van der Waals surface area (Å²) in [6.45, 7) is 8.58. The first-order valence-electron chi connectivity index (χ1n) is 6.25. The summed E-state index contributed by atoms with van der Waals surface area (Å²) in [5.74, 6) is 1.96. The largest absolute Gasteiger partial charge is 0.384 e. The molecule has 1 heterocycles. The van der Waals surface area contributed by atoms with Gasteiger partial charge in [0.2, 0.25) is 0 Å². The van der Waals surface area contributed by atoms with E-state index < -0.39 is 5.60 Å². The van der Waals surface area contributed by atoms with Gasteiger partial charge in [-0.25, -0.2) is 0 Å². The average molecular weight is 250 g/mol. The van der Waals surface area contributed by atoms with E-state index in [2.05, 4.69) is 45.9 Å². The van der Waals surface area contributed by atoms with Crippen LogP contribution in [0.15, 0.2) is 18.2 Å². The number of thioether (sulfide) groups is 1. The van der Waals surface area contributed by atoms with Gasteiger partial charge in [0.1, 0.15) is 5.60 Å². The van der Waals surface area contributed by atoms with Crippen LogP contribution < -0.4 is 0 Å². The second kappa shape index (κ2) is 4.33. The Hall–Kier alpha value is -0.470. The number of benzene rings is 1. The monoisotopic (exact) mass is 250 g/mol. The van der Waals surface area contributed by atoms with Crippen molar-refractivity contribution in [1.29, 1.82) is 0 Å². The van der Waals surface area contributed by atoms with Crippen molar-refractivity contribution in [3.05, 3.63) is 34.9 Å². The van der Waals surface area contributed by atoms with E-state index >= 15 is 0 Å². The predicted octanol–water partition coefficient (Wildman–Crippen LogP) is 3.65. The topological polar surface area (TPSA) is 20.2 Å². The maximum Gasteiger partial charge on any atom is 0.104 e. The van der Waals surface area contributed by atoms with Gasteiger partial charge in [0.15, 0.2) is 0 Å². The molecule has 2 heteroatoms. The van der Waals surface area contributed by atoms with E-state index in [1.54, 1.807) is 0 Å². The number of aryl methyl sites for hydroxylation is 2. The third-order valence-electron chi connectivity index (χ3n) is 4.13. The smallest absolute Gasteiger partial charge is 0.104 e. The lowest BCUT2D eigenvalue weighted by Crippen LogP contribution is -2.47. The zero-order valence-electron chi connectivity index (χ0n) is 11.2. The van der Waals surface area contributed by atoms with Crippen LogP contribution in [0.4, 0.5) is 0 Å². The van der Waals surface area contributed by atoms with Crippen LogP contribution >= 0.6 is 11.8 Å². The van der Waals surface area contributed by atoms with Crippen molar-refractivity contribution < 1.29 is 5.11 Å². The lowest BCUT2D eigenvalue weighted by atomic mass is 9.69. The molecule has 1 aromatic rings. The lowest BCUT2D eigenvalue weighted by molar-refractivity contribution is -0.0583. The fourth-order valence-corrected chi connectivity index (χ4v) is 4.31. The molecule has 1 aliphatic heterocycles. The summed E-state index contributed by atoms with van der Waals surface area (Å²) in [6, 6.07) is 6.39. The molecule has 2 rings (SSSR count). The van der Waals surface area contributed by atoms with E-state index in [0.29, 0.717) is 0 Å². The van der Waals surface area contributed by atoms with Crippen molar-refractivity contribution >= 4 is 11.8 Å². The molecule has 1 aliphatic rings. The highest BCUT2D eigenvalue weighted by molar-refractivity contribution is 7.99. The Morgan fingerprint density at radius 2 is 1.94 bits per heavy atom. The summed E-state index contributed by atoms with van der Waals surface area (Å²) in [5.41, 5.74) is 2.85. The molecule has 0 radical (unpaired) electrons. The number of hydrogen-bond donors (Lipinski definition) is 1. The van der Waals surface area contributed by atoms with Crippen LogP contribution in [-0.4, -0.2) is 16.6 Å². The van der Waals surface area contributed by atoms with Gasteiger partial charge in [-0.2, -0.15) is 11.8 Å². The Kier molecular flexibility index (Phi) is 3.30. The molecule has 94 valence electrons. The van der Waals surface area contributed by atoms with Crippen LogP contribution in [0, 0.1) is 19.3 Å². The molecule has 17 heavy (non-hydrogen) atoms. The van der Waals surface area contributed by atoms with Crippen molar-refractivity contribution in [3.63, 3.8) is 0 Å². The molecule has 1 saturated heterocycles. The van der Waals surface area contributed by atoms with Gasteiger partial charge < -0.3 is 5.11 Å². The van der Waals surface area contributed by atoms with E-state index in [-0.39, 0.29) is 5.41 Å². The molecule has 0 saturated carbocycles. The van der Waals surface area contributed by atoms with Gasteiger partial charge in [-0.3, -0.25) is 0 Å². The Balaban J connectivity index is 2.49. The Labute approximate surface area is 109 Å². The van der Waals surface area contributed by atoms with Crippen LogP contribution in [0.5, 0.6) is 0 Å². The predicted molar refractivity (Wildman–Crippen MR) is 75.5 cm³/mol. The SMILES string of the molecule is Cc1ccc(C2(O)CSCCC2(C)C)c(C)c1. The molecule has 1 nitrogen and oxygen atoms in total. The van der Waals surface area contributed by atoms with Crippen LogP contribution in [0.1, 0.15) is 37.0 Å². The van der Waals surface area contributed by atoms with Crippen molar-refractivity contribution in [1.82, 2.24) is 0 Å². The summed E-state index contributed by atoms with van der Waals surface area (Å²) in [4.78, 5) is 0. The van der Waals surface area contributed by atoms with E-state index in [1.165, 1.54) is 11.1 Å². The molecule has 0 spiro atoms. The van der Waals surface area contributed by atoms with Gasteiger partial charge in [0, 0.05) is 5.75 Å². The van der Waals surface area contributed by atoms with Crippen molar-refractivity contribution in [2.45, 2.75) is 39.7 Å². The first-order valence-corrected chi connectivity index (χ1v) is 7.40. The number of rotatable bonds is 1. The van der Waals surface area contributed by atoms with Crippen LogP contribution in [0.3, 0.4) is 0 Å². The molecule has 1 unspecified atom stereocenters. The fourth-order valence-electron chi connectivity index (χ4n) is 2.67. The molecule has 0 aromatic heterocycles. The molecule has 1 fully saturated rings. The minimum Gasteiger partial charge on any atom is -0.384 e. The summed E-state index contributed by atoms with van der Waals surface area (Å²) in [6.07, 6.45) is 1.07. The molecule has 0 amide bonds. The normalized spacial score (nSPS) is 28.1. The van der Waals surface area contributed by atoms with Gasteiger partial charge in [0.25, 0.3) is 0 Å². The summed E-state index contributed by atoms with van der Waals surface area (Å²) in [7, 11) is 0. The zero-order chi connectivity index (χ0) is 12.7. The van der Waals surface area contributed by atoms with Gasteiger partial charge in [0.05, 0.1) is 0 Å². The Morgan fingerprint density at radius 3 is 2.53 bits per heavy atom. The standard InChI is InChI=1S/C15H22OS/c1-11-5-6-13(12(2)9-11)15(16)10-17-8-7-14(15,3)4/h5-6,9,16H,7-8,10H2,1-4H3. The molecule has 0 bridgehead atoms. The minimum absolute atomic E-state index is 0.0434. The quantitative estimate of drug-likeness (QED) is 0.821. The third kappa shape index (κ3) is 2.13. The first-order chi connectivity index (χ1) is 7.87. The molecule has 1 atom stereocenters. The zero-order valence-corrected chi connectivity index (χ0v) is 12.0. The average Bonchev–Trinajstić information content (AvgIpc) is 2.22. The molecule has 1 aromatic carbocycles. The highest BCUT2D eigenvalue weighted by Gasteiger charge is 2.47. The van der Waals surface area contributed by atoms with E-state index in [9.17, 15) is 5.11 Å². The second-order valence-corrected chi connectivity index (χ2v) is 6.97. The Bertz CT molecular complexity index is 425. The number of hydrogen-bond acceptors (Lipinski definition) is 2. The Morgan fingerprint density at radius 1 is 1.24 bits per heavy atom. The highest BCUT2D eigenvalue weighted by Crippen LogP contribution is 2.49. The van der Waals surface area contributed by atoms with Crippen LogP contribution in [0.2, 0.25) is 0 Å². The van der Waals surface area contributed by atoms with Gasteiger partial charge in [-0.15, -0.1) is 0 Å². The van der Waals surface area contributed by atoms with Gasteiger partial charge in [-0.1, -0.05) is 37.6 Å². The van der Waals surface area contributed by atoms with Crippen LogP contribution in [0.25, 0.3) is 0 Å². The lowest BCUT2D eigenvalue weighted by Gasteiger charge is -2.47. The van der Waals surface area contributed by atoms with Crippen LogP contribution in [-0.2, 0) is 5.60 Å². The van der Waals surface area contributed by atoms with Gasteiger partial charge >= 0.3 is 0 Å². The third-order valence-corrected chi connectivity index (χ3v) is 5.24. The summed E-state index contributed by atoms with van der Waals surface area (Å²) in [5, 5.41) is 11.1. The molecular weight excluding hydrogens is 228 g/mol. The van der Waals surface area contributed by atoms with Crippen molar-refractivity contribution in [2.75, 3.05) is 11.5 Å². The summed E-state index contributed by atoms with van der Waals surface area (Å²) < 4.78 is 0. The fraction of sp³-hybridized carbons (Fsp3) is 0.600. The number of aliphatic hydroxyl groups is 1. The molecular formula is C15H22OS. The van der Waals surface area contributed by atoms with Crippen molar-refractivity contribution in [2.24, 2.45) is 5.41 Å². The molecule has 0 aliphatic carbocycles. The highest BCUT2D eigenvalue weighted by atomic mass is 32.2. The maximum atomic E-state index is 11.1. The minimum atomic E-state index is -0.687. The van der Waals surface area contributed by atoms with E-state index in [1.807, 2.05) is 11.8 Å². The first kappa shape index (κ1) is 13.0. The van der Waals surface area contributed by atoms with Gasteiger partial charge in [-0.05, 0) is 42.6 Å². The second-order valence-electron chi connectivity index (χ2n) is 5.87. The molecule has 1 N–H and O–H groups in total. The van der Waals surface area contributed by atoms with Crippen molar-refractivity contribution in [3.8, 4) is 0 Å². The maximum absolute atomic E-state index is 11.1. The van der Waals surface area contributed by atoms with E-state index in [4.69, 9.17) is 0 Å².